The van der Waals surface area contributed by atoms with Crippen LogP contribution in [0.5, 0.6) is 5.75 Å². The average Bonchev–Trinajstić information content (AvgIpc) is 2.23. The second-order valence-electron chi connectivity index (χ2n) is 3.87. The van der Waals surface area contributed by atoms with E-state index in [0.717, 1.165) is 11.1 Å². The van der Waals surface area contributed by atoms with Gasteiger partial charge in [-0.05, 0) is 36.6 Å². The predicted molar refractivity (Wildman–Crippen MR) is 66.9 cm³/mol. The SMILES string of the molecule is COc1c(C)cc(Cl)c(C(CN)C(=O)O)c1C. The molecule has 1 aromatic carbocycles. The first-order valence-electron chi connectivity index (χ1n) is 5.20. The molecule has 0 saturated carbocycles. The molecule has 1 aromatic rings. The van der Waals surface area contributed by atoms with Crippen LogP contribution in [0.4, 0.5) is 0 Å². The summed E-state index contributed by atoms with van der Waals surface area (Å²) in [6, 6.07) is 1.70. The molecule has 5 heteroatoms. The van der Waals surface area contributed by atoms with Crippen LogP contribution < -0.4 is 10.5 Å². The van der Waals surface area contributed by atoms with Gasteiger partial charge in [-0.2, -0.15) is 0 Å². The summed E-state index contributed by atoms with van der Waals surface area (Å²) in [5.74, 6) is -1.13. The van der Waals surface area contributed by atoms with E-state index in [4.69, 9.17) is 27.2 Å². The number of benzene rings is 1. The van der Waals surface area contributed by atoms with Crippen molar-refractivity contribution >= 4 is 17.6 Å². The number of hydrogen-bond donors (Lipinski definition) is 2. The third kappa shape index (κ3) is 2.53. The molecule has 0 amide bonds. The topological polar surface area (TPSA) is 72.5 Å². The quantitative estimate of drug-likeness (QED) is 0.866. The maximum absolute atomic E-state index is 11.1. The first-order valence-corrected chi connectivity index (χ1v) is 5.58. The lowest BCUT2D eigenvalue weighted by Crippen LogP contribution is -2.22. The Morgan fingerprint density at radius 2 is 2.18 bits per heavy atom. The Bertz CT molecular complexity index is 446. The van der Waals surface area contributed by atoms with Gasteiger partial charge in [0.25, 0.3) is 0 Å². The summed E-state index contributed by atoms with van der Waals surface area (Å²) in [6.07, 6.45) is 0. The minimum atomic E-state index is -0.983. The van der Waals surface area contributed by atoms with Crippen LogP contribution in [0.2, 0.25) is 5.02 Å². The van der Waals surface area contributed by atoms with Gasteiger partial charge in [0.05, 0.1) is 13.0 Å². The Labute approximate surface area is 105 Å². The second-order valence-corrected chi connectivity index (χ2v) is 4.28. The van der Waals surface area contributed by atoms with Gasteiger partial charge in [-0.15, -0.1) is 0 Å². The average molecular weight is 258 g/mol. The maximum atomic E-state index is 11.1. The zero-order valence-electron chi connectivity index (χ0n) is 10.1. The normalized spacial score (nSPS) is 12.3. The monoisotopic (exact) mass is 257 g/mol. The minimum Gasteiger partial charge on any atom is -0.496 e. The molecule has 0 spiro atoms. The van der Waals surface area contributed by atoms with Gasteiger partial charge in [-0.25, -0.2) is 0 Å². The van der Waals surface area contributed by atoms with Gasteiger partial charge < -0.3 is 15.6 Å². The number of halogens is 1. The highest BCUT2D eigenvalue weighted by molar-refractivity contribution is 6.32. The molecule has 4 nitrogen and oxygen atoms in total. The Morgan fingerprint density at radius 1 is 1.59 bits per heavy atom. The van der Waals surface area contributed by atoms with Crippen molar-refractivity contribution in [2.75, 3.05) is 13.7 Å². The molecular formula is C12H16ClNO3. The van der Waals surface area contributed by atoms with Crippen LogP contribution in [0.3, 0.4) is 0 Å². The number of ether oxygens (including phenoxy) is 1. The summed E-state index contributed by atoms with van der Waals surface area (Å²) in [5, 5.41) is 9.54. The van der Waals surface area contributed by atoms with Crippen molar-refractivity contribution < 1.29 is 14.6 Å². The van der Waals surface area contributed by atoms with E-state index in [2.05, 4.69) is 0 Å². The van der Waals surface area contributed by atoms with Crippen molar-refractivity contribution in [1.82, 2.24) is 0 Å². The molecule has 3 N–H and O–H groups in total. The van der Waals surface area contributed by atoms with Crippen LogP contribution in [-0.4, -0.2) is 24.7 Å². The molecule has 0 aliphatic heterocycles. The number of methoxy groups -OCH3 is 1. The van der Waals surface area contributed by atoms with E-state index in [1.165, 1.54) is 0 Å². The summed E-state index contributed by atoms with van der Waals surface area (Å²) in [4.78, 5) is 11.1. The fourth-order valence-corrected chi connectivity index (χ4v) is 2.45. The number of nitrogens with two attached hydrogens (primary N) is 1. The minimum absolute atomic E-state index is 0.00209. The smallest absolute Gasteiger partial charge is 0.312 e. The predicted octanol–water partition coefficient (Wildman–Crippen LogP) is 2.09. The molecule has 0 aliphatic carbocycles. The maximum Gasteiger partial charge on any atom is 0.312 e. The number of carbonyl (C=O) groups is 1. The number of hydrogen-bond acceptors (Lipinski definition) is 3. The molecule has 0 bridgehead atoms. The van der Waals surface area contributed by atoms with Gasteiger partial charge in [0.1, 0.15) is 5.75 Å². The van der Waals surface area contributed by atoms with E-state index < -0.39 is 11.9 Å². The molecule has 1 rings (SSSR count). The molecule has 1 atom stereocenters. The number of carboxylic acids is 1. The fourth-order valence-electron chi connectivity index (χ4n) is 2.01. The Hall–Kier alpha value is -1.26. The lowest BCUT2D eigenvalue weighted by atomic mass is 9.92. The van der Waals surface area contributed by atoms with E-state index in [1.807, 2.05) is 6.92 Å². The van der Waals surface area contributed by atoms with Gasteiger partial charge in [0, 0.05) is 11.6 Å². The van der Waals surface area contributed by atoms with Gasteiger partial charge >= 0.3 is 5.97 Å². The standard InChI is InChI=1S/C12H16ClNO3/c1-6-4-9(13)10(7(2)11(6)17-3)8(5-14)12(15)16/h4,8H,5,14H2,1-3H3,(H,15,16). The Morgan fingerprint density at radius 3 is 2.59 bits per heavy atom. The van der Waals surface area contributed by atoms with Gasteiger partial charge in [0.15, 0.2) is 0 Å². The third-order valence-corrected chi connectivity index (χ3v) is 3.10. The van der Waals surface area contributed by atoms with E-state index in [-0.39, 0.29) is 6.54 Å². The Kier molecular flexibility index (Phi) is 4.37. The van der Waals surface area contributed by atoms with Crippen molar-refractivity contribution in [3.05, 3.63) is 27.8 Å². The molecule has 0 aliphatic rings. The highest BCUT2D eigenvalue weighted by Crippen LogP contribution is 2.36. The van der Waals surface area contributed by atoms with Crippen LogP contribution in [0.1, 0.15) is 22.6 Å². The van der Waals surface area contributed by atoms with Gasteiger partial charge in [-0.3, -0.25) is 4.79 Å². The number of carboxylic acid groups (broad SMARTS) is 1. The van der Waals surface area contributed by atoms with E-state index >= 15 is 0 Å². The van der Waals surface area contributed by atoms with Crippen molar-refractivity contribution in [3.63, 3.8) is 0 Å². The third-order valence-electron chi connectivity index (χ3n) is 2.79. The fraction of sp³-hybridized carbons (Fsp3) is 0.417. The number of aliphatic carboxylic acids is 1. The van der Waals surface area contributed by atoms with E-state index in [1.54, 1.807) is 20.1 Å². The zero-order valence-corrected chi connectivity index (χ0v) is 10.8. The molecular weight excluding hydrogens is 242 g/mol. The summed E-state index contributed by atoms with van der Waals surface area (Å²) in [6.45, 7) is 3.65. The van der Waals surface area contributed by atoms with Crippen molar-refractivity contribution in [3.8, 4) is 5.75 Å². The highest BCUT2D eigenvalue weighted by Gasteiger charge is 2.25. The lowest BCUT2D eigenvalue weighted by Gasteiger charge is -2.19. The summed E-state index contributed by atoms with van der Waals surface area (Å²) in [5.41, 5.74) is 7.63. The molecule has 0 fully saturated rings. The van der Waals surface area contributed by atoms with Crippen LogP contribution in [-0.2, 0) is 4.79 Å². The first kappa shape index (κ1) is 13.8. The zero-order chi connectivity index (χ0) is 13.2. The van der Waals surface area contributed by atoms with Crippen molar-refractivity contribution in [2.45, 2.75) is 19.8 Å². The largest absolute Gasteiger partial charge is 0.496 e. The van der Waals surface area contributed by atoms with Crippen molar-refractivity contribution in [1.29, 1.82) is 0 Å². The van der Waals surface area contributed by atoms with E-state index in [9.17, 15) is 4.79 Å². The van der Waals surface area contributed by atoms with Crippen molar-refractivity contribution in [2.24, 2.45) is 5.73 Å². The number of rotatable bonds is 4. The molecule has 94 valence electrons. The second kappa shape index (κ2) is 5.38. The number of aryl methyl sites for hydroxylation is 1. The van der Waals surface area contributed by atoms with Crippen LogP contribution in [0, 0.1) is 13.8 Å². The summed E-state index contributed by atoms with van der Waals surface area (Å²) >= 11 is 6.11. The van der Waals surface area contributed by atoms with Crippen LogP contribution in [0.25, 0.3) is 0 Å². The molecule has 0 radical (unpaired) electrons. The van der Waals surface area contributed by atoms with Crippen LogP contribution in [0.15, 0.2) is 6.07 Å². The Balaban J connectivity index is 3.47. The lowest BCUT2D eigenvalue weighted by molar-refractivity contribution is -0.138. The van der Waals surface area contributed by atoms with Gasteiger partial charge in [0.2, 0.25) is 0 Å². The highest BCUT2D eigenvalue weighted by atomic mass is 35.5. The molecule has 0 saturated heterocycles. The van der Waals surface area contributed by atoms with Crippen LogP contribution >= 0.6 is 11.6 Å². The molecule has 17 heavy (non-hydrogen) atoms. The van der Waals surface area contributed by atoms with Gasteiger partial charge in [-0.1, -0.05) is 11.6 Å². The first-order chi connectivity index (χ1) is 7.93. The molecule has 1 unspecified atom stereocenters. The summed E-state index contributed by atoms with van der Waals surface area (Å²) < 4.78 is 5.25. The molecule has 0 aromatic heterocycles. The molecule has 0 heterocycles. The van der Waals surface area contributed by atoms with E-state index in [0.29, 0.717) is 16.3 Å². The summed E-state index contributed by atoms with van der Waals surface area (Å²) in [7, 11) is 1.55.